The maximum Gasteiger partial charge on any atom is 0.267 e. The van der Waals surface area contributed by atoms with Crippen molar-refractivity contribution in [1.29, 1.82) is 0 Å². The minimum atomic E-state index is -3.45. The summed E-state index contributed by atoms with van der Waals surface area (Å²) in [7, 11) is -1.66. The molecular formula is C9H18ClN3O2S2. The molecule has 0 aliphatic carbocycles. The number of halogens is 1. The summed E-state index contributed by atoms with van der Waals surface area (Å²) >= 11 is 1.20. The van der Waals surface area contributed by atoms with Gasteiger partial charge in [-0.25, -0.2) is 18.1 Å². The molecule has 0 saturated heterocycles. The van der Waals surface area contributed by atoms with E-state index < -0.39 is 10.0 Å². The van der Waals surface area contributed by atoms with Gasteiger partial charge in [0.15, 0.2) is 0 Å². The minimum Gasteiger partial charge on any atom is -0.316 e. The molecule has 2 N–H and O–H groups in total. The summed E-state index contributed by atoms with van der Waals surface area (Å²) < 4.78 is 26.3. The molecule has 100 valence electrons. The number of sulfonamides is 1. The van der Waals surface area contributed by atoms with Crippen LogP contribution in [0.15, 0.2) is 4.34 Å². The maximum absolute atomic E-state index is 11.8. The van der Waals surface area contributed by atoms with Gasteiger partial charge >= 0.3 is 0 Å². The van der Waals surface area contributed by atoms with E-state index in [2.05, 4.69) is 15.0 Å². The Kier molecular flexibility index (Phi) is 6.57. The summed E-state index contributed by atoms with van der Waals surface area (Å²) in [4.78, 5) is 4.97. The molecule has 8 heteroatoms. The van der Waals surface area contributed by atoms with E-state index in [9.17, 15) is 8.42 Å². The van der Waals surface area contributed by atoms with Crippen LogP contribution in [0.4, 0.5) is 0 Å². The topological polar surface area (TPSA) is 71.1 Å². The van der Waals surface area contributed by atoms with Crippen molar-refractivity contribution in [2.24, 2.45) is 0 Å². The molecule has 0 aliphatic heterocycles. The van der Waals surface area contributed by atoms with Gasteiger partial charge in [0.1, 0.15) is 0 Å². The molecule has 0 bridgehead atoms. The Morgan fingerprint density at radius 2 is 2.00 bits per heavy atom. The molecule has 0 fully saturated rings. The van der Waals surface area contributed by atoms with Gasteiger partial charge < -0.3 is 5.32 Å². The van der Waals surface area contributed by atoms with Gasteiger partial charge in [0.25, 0.3) is 10.0 Å². The van der Waals surface area contributed by atoms with Crippen LogP contribution in [0.5, 0.6) is 0 Å². The Bertz CT molecular complexity index is 439. The zero-order chi connectivity index (χ0) is 12.3. The number of hydrogen-bond acceptors (Lipinski definition) is 5. The molecule has 0 aliphatic rings. The van der Waals surface area contributed by atoms with E-state index in [1.165, 1.54) is 11.3 Å². The van der Waals surface area contributed by atoms with E-state index in [1.54, 1.807) is 14.0 Å². The quantitative estimate of drug-likeness (QED) is 0.853. The van der Waals surface area contributed by atoms with Crippen molar-refractivity contribution >= 4 is 33.8 Å². The zero-order valence-corrected chi connectivity index (χ0v) is 12.7. The van der Waals surface area contributed by atoms with E-state index in [0.29, 0.717) is 6.54 Å². The van der Waals surface area contributed by atoms with Gasteiger partial charge in [0, 0.05) is 17.5 Å². The molecule has 1 aromatic heterocycles. The molecule has 5 nitrogen and oxygen atoms in total. The standard InChI is InChI=1S/C9H17N3O2S2.ClH/c1-6(10-4)5-11-16(13,14)9-12-7(2)8(3)15-9;/h6,10-11H,5H2,1-4H3;1H. The Morgan fingerprint density at radius 1 is 1.41 bits per heavy atom. The fourth-order valence-electron chi connectivity index (χ4n) is 0.957. The molecule has 1 aromatic rings. The van der Waals surface area contributed by atoms with Gasteiger partial charge in [-0.3, -0.25) is 0 Å². The second kappa shape index (κ2) is 6.65. The highest BCUT2D eigenvalue weighted by Crippen LogP contribution is 2.20. The molecule has 0 radical (unpaired) electrons. The summed E-state index contributed by atoms with van der Waals surface area (Å²) in [6, 6.07) is 0.0944. The van der Waals surface area contributed by atoms with E-state index in [-0.39, 0.29) is 22.8 Å². The van der Waals surface area contributed by atoms with Crippen LogP contribution in [-0.4, -0.2) is 33.0 Å². The van der Waals surface area contributed by atoms with E-state index >= 15 is 0 Å². The van der Waals surface area contributed by atoms with Gasteiger partial charge in [0.2, 0.25) is 4.34 Å². The Balaban J connectivity index is 0.00000256. The van der Waals surface area contributed by atoms with E-state index in [4.69, 9.17) is 0 Å². The Labute approximate surface area is 112 Å². The number of rotatable bonds is 5. The molecule has 17 heavy (non-hydrogen) atoms. The molecule has 0 saturated carbocycles. The first kappa shape index (κ1) is 16.8. The number of nitrogens with one attached hydrogen (secondary N) is 2. The number of likely N-dealkylation sites (N-methyl/N-ethyl adjacent to an activating group) is 1. The first-order valence-electron chi connectivity index (χ1n) is 4.97. The number of nitrogens with zero attached hydrogens (tertiary/aromatic N) is 1. The Hall–Kier alpha value is -0.210. The number of aryl methyl sites for hydroxylation is 2. The van der Waals surface area contributed by atoms with Crippen LogP contribution in [0.1, 0.15) is 17.5 Å². The highest BCUT2D eigenvalue weighted by atomic mass is 35.5. The van der Waals surface area contributed by atoms with Crippen LogP contribution < -0.4 is 10.0 Å². The van der Waals surface area contributed by atoms with Gasteiger partial charge in [0.05, 0.1) is 5.69 Å². The molecule has 1 heterocycles. The van der Waals surface area contributed by atoms with Crippen LogP contribution in [0.25, 0.3) is 0 Å². The minimum absolute atomic E-state index is 0. The lowest BCUT2D eigenvalue weighted by atomic mass is 10.4. The number of hydrogen-bond donors (Lipinski definition) is 2. The molecule has 0 amide bonds. The summed E-state index contributed by atoms with van der Waals surface area (Å²) in [5.41, 5.74) is 0.770. The lowest BCUT2D eigenvalue weighted by molar-refractivity contribution is 0.553. The van der Waals surface area contributed by atoms with E-state index in [0.717, 1.165) is 10.6 Å². The van der Waals surface area contributed by atoms with Crippen molar-refractivity contribution in [3.63, 3.8) is 0 Å². The normalized spacial score (nSPS) is 13.2. The second-order valence-corrected chi connectivity index (χ2v) is 6.81. The van der Waals surface area contributed by atoms with Crippen LogP contribution in [0, 0.1) is 13.8 Å². The number of thiazole rings is 1. The lowest BCUT2D eigenvalue weighted by Gasteiger charge is -2.10. The predicted molar refractivity (Wildman–Crippen MR) is 72.5 cm³/mol. The highest BCUT2D eigenvalue weighted by molar-refractivity contribution is 7.91. The third-order valence-corrected chi connectivity index (χ3v) is 5.18. The molecule has 0 aromatic carbocycles. The van der Waals surface area contributed by atoms with Gasteiger partial charge in [-0.15, -0.1) is 23.7 Å². The average molecular weight is 300 g/mol. The third-order valence-electron chi connectivity index (χ3n) is 2.31. The molecule has 1 rings (SSSR count). The zero-order valence-electron chi connectivity index (χ0n) is 10.3. The average Bonchev–Trinajstić information content (AvgIpc) is 2.56. The van der Waals surface area contributed by atoms with Crippen LogP contribution >= 0.6 is 23.7 Å². The van der Waals surface area contributed by atoms with Crippen molar-refractivity contribution < 1.29 is 8.42 Å². The largest absolute Gasteiger partial charge is 0.316 e. The summed E-state index contributed by atoms with van der Waals surface area (Å²) in [5.74, 6) is 0. The van der Waals surface area contributed by atoms with Crippen molar-refractivity contribution in [2.45, 2.75) is 31.2 Å². The van der Waals surface area contributed by atoms with Crippen LogP contribution in [-0.2, 0) is 10.0 Å². The smallest absolute Gasteiger partial charge is 0.267 e. The van der Waals surface area contributed by atoms with Gasteiger partial charge in [-0.05, 0) is 27.8 Å². The highest BCUT2D eigenvalue weighted by Gasteiger charge is 2.19. The fraction of sp³-hybridized carbons (Fsp3) is 0.667. The fourth-order valence-corrected chi connectivity index (χ4v) is 3.44. The molecule has 1 unspecified atom stereocenters. The third kappa shape index (κ3) is 4.51. The molecule has 1 atom stereocenters. The van der Waals surface area contributed by atoms with Crippen molar-refractivity contribution in [2.75, 3.05) is 13.6 Å². The first-order chi connectivity index (χ1) is 7.36. The van der Waals surface area contributed by atoms with E-state index in [1.807, 2.05) is 13.8 Å². The summed E-state index contributed by atoms with van der Waals surface area (Å²) in [6.45, 7) is 5.93. The van der Waals surface area contributed by atoms with Crippen molar-refractivity contribution in [3.05, 3.63) is 10.6 Å². The van der Waals surface area contributed by atoms with Crippen LogP contribution in [0.2, 0.25) is 0 Å². The van der Waals surface area contributed by atoms with Gasteiger partial charge in [-0.2, -0.15) is 0 Å². The number of aromatic nitrogens is 1. The van der Waals surface area contributed by atoms with Crippen molar-refractivity contribution in [1.82, 2.24) is 15.0 Å². The van der Waals surface area contributed by atoms with Crippen molar-refractivity contribution in [3.8, 4) is 0 Å². The summed E-state index contributed by atoms with van der Waals surface area (Å²) in [5, 5.41) is 2.96. The predicted octanol–water partition coefficient (Wildman–Crippen LogP) is 1.07. The maximum atomic E-state index is 11.8. The molecule has 0 spiro atoms. The summed E-state index contributed by atoms with van der Waals surface area (Å²) in [6.07, 6.45) is 0. The first-order valence-corrected chi connectivity index (χ1v) is 7.27. The molecular weight excluding hydrogens is 282 g/mol. The van der Waals surface area contributed by atoms with Crippen LogP contribution in [0.3, 0.4) is 0 Å². The second-order valence-electron chi connectivity index (χ2n) is 3.66. The SMILES string of the molecule is CNC(C)CNS(=O)(=O)c1nc(C)c(C)s1.Cl. The van der Waals surface area contributed by atoms with Gasteiger partial charge in [-0.1, -0.05) is 0 Å². The Morgan fingerprint density at radius 3 is 2.41 bits per heavy atom. The lowest BCUT2D eigenvalue weighted by Crippen LogP contribution is -2.37. The monoisotopic (exact) mass is 299 g/mol.